The molecule has 140 valence electrons. The molecule has 1 saturated heterocycles. The molecule has 1 aromatic carbocycles. The van der Waals surface area contributed by atoms with E-state index in [-0.39, 0.29) is 12.7 Å². The molecule has 0 aromatic heterocycles. The van der Waals surface area contributed by atoms with Crippen molar-refractivity contribution in [2.24, 2.45) is 0 Å². The molecule has 7 nitrogen and oxygen atoms in total. The number of nitrogens with zero attached hydrogens (tertiary/aromatic N) is 1. The first-order valence-corrected chi connectivity index (χ1v) is 8.76. The Bertz CT molecular complexity index is 456. The predicted molar refractivity (Wildman–Crippen MR) is 93.5 cm³/mol. The number of hydrogen-bond acceptors (Lipinski definition) is 6. The summed E-state index contributed by atoms with van der Waals surface area (Å²) in [6.07, 6.45) is -0.352. The standard InChI is InChI=1S/C18H28N2O5/c21-18(25-16-17-4-2-1-3-5-17)20-8-12-22-10-6-19-7-11-23-14-15-24-13-9-20/h1-5,19H,6-16H2. The van der Waals surface area contributed by atoms with E-state index in [0.717, 1.165) is 18.7 Å². The van der Waals surface area contributed by atoms with Gasteiger partial charge in [0.25, 0.3) is 0 Å². The number of nitrogens with one attached hydrogen (secondary N) is 1. The first-order valence-electron chi connectivity index (χ1n) is 8.76. The summed E-state index contributed by atoms with van der Waals surface area (Å²) < 4.78 is 21.9. The fourth-order valence-electron chi connectivity index (χ4n) is 2.29. The van der Waals surface area contributed by atoms with E-state index in [9.17, 15) is 4.79 Å². The van der Waals surface area contributed by atoms with Crippen molar-refractivity contribution < 1.29 is 23.7 Å². The molecule has 2 rings (SSSR count). The van der Waals surface area contributed by atoms with Crippen LogP contribution in [0.3, 0.4) is 0 Å². The maximum atomic E-state index is 12.3. The molecule has 25 heavy (non-hydrogen) atoms. The topological polar surface area (TPSA) is 69.3 Å². The zero-order valence-corrected chi connectivity index (χ0v) is 14.7. The van der Waals surface area contributed by atoms with Crippen LogP contribution in [-0.2, 0) is 25.6 Å². The van der Waals surface area contributed by atoms with Crippen LogP contribution in [0.5, 0.6) is 0 Å². The van der Waals surface area contributed by atoms with Crippen LogP contribution in [0.4, 0.5) is 4.79 Å². The maximum absolute atomic E-state index is 12.3. The summed E-state index contributed by atoms with van der Waals surface area (Å²) in [5, 5.41) is 3.23. The molecule has 1 aliphatic heterocycles. The summed E-state index contributed by atoms with van der Waals surface area (Å²) in [6.45, 7) is 6.00. The van der Waals surface area contributed by atoms with Crippen molar-refractivity contribution in [1.29, 1.82) is 0 Å². The number of benzene rings is 1. The quantitative estimate of drug-likeness (QED) is 0.865. The van der Waals surface area contributed by atoms with Crippen molar-refractivity contribution in [3.8, 4) is 0 Å². The second kappa shape index (κ2) is 12.7. The Labute approximate surface area is 149 Å². The van der Waals surface area contributed by atoms with Crippen LogP contribution in [0.25, 0.3) is 0 Å². The van der Waals surface area contributed by atoms with E-state index < -0.39 is 0 Å². The Kier molecular flexibility index (Phi) is 9.95. The first-order chi connectivity index (χ1) is 12.4. The second-order valence-electron chi connectivity index (χ2n) is 5.61. The zero-order chi connectivity index (χ0) is 17.6. The molecule has 7 heteroatoms. The fourth-order valence-corrected chi connectivity index (χ4v) is 2.29. The third-order valence-electron chi connectivity index (χ3n) is 3.69. The van der Waals surface area contributed by atoms with E-state index in [2.05, 4.69) is 5.32 Å². The SMILES string of the molecule is O=C(OCc1ccccc1)N1CCOCCNCCOCCOCC1. The highest BCUT2D eigenvalue weighted by Crippen LogP contribution is 2.03. The van der Waals surface area contributed by atoms with Gasteiger partial charge in [0.1, 0.15) is 6.61 Å². The van der Waals surface area contributed by atoms with E-state index in [1.807, 2.05) is 30.3 Å². The van der Waals surface area contributed by atoms with Crippen LogP contribution >= 0.6 is 0 Å². The first kappa shape index (κ1) is 19.7. The van der Waals surface area contributed by atoms with Crippen LogP contribution in [0.2, 0.25) is 0 Å². The monoisotopic (exact) mass is 352 g/mol. The van der Waals surface area contributed by atoms with Gasteiger partial charge in [-0.1, -0.05) is 30.3 Å². The van der Waals surface area contributed by atoms with Gasteiger partial charge in [-0.05, 0) is 5.56 Å². The van der Waals surface area contributed by atoms with Gasteiger partial charge >= 0.3 is 6.09 Å². The number of amides is 1. The van der Waals surface area contributed by atoms with Gasteiger partial charge in [0, 0.05) is 26.2 Å². The zero-order valence-electron chi connectivity index (χ0n) is 14.7. The van der Waals surface area contributed by atoms with Gasteiger partial charge in [-0.25, -0.2) is 4.79 Å². The largest absolute Gasteiger partial charge is 0.445 e. The Balaban J connectivity index is 1.77. The third kappa shape index (κ3) is 8.83. The number of carbonyl (C=O) groups is 1. The van der Waals surface area contributed by atoms with Crippen molar-refractivity contribution >= 4 is 6.09 Å². The molecule has 0 aliphatic carbocycles. The molecule has 1 aliphatic rings. The van der Waals surface area contributed by atoms with Crippen molar-refractivity contribution in [2.75, 3.05) is 65.8 Å². The van der Waals surface area contributed by atoms with Crippen molar-refractivity contribution in [1.82, 2.24) is 10.2 Å². The van der Waals surface area contributed by atoms with Crippen molar-refractivity contribution in [3.05, 3.63) is 35.9 Å². The summed E-state index contributed by atoms with van der Waals surface area (Å²) in [4.78, 5) is 13.9. The highest BCUT2D eigenvalue weighted by molar-refractivity contribution is 5.67. The molecule has 1 amide bonds. The lowest BCUT2D eigenvalue weighted by Crippen LogP contribution is -2.37. The van der Waals surface area contributed by atoms with E-state index in [1.54, 1.807) is 4.90 Å². The predicted octanol–water partition coefficient (Wildman–Crippen LogP) is 1.28. The maximum Gasteiger partial charge on any atom is 0.410 e. The third-order valence-corrected chi connectivity index (χ3v) is 3.69. The van der Waals surface area contributed by atoms with Gasteiger partial charge in [-0.2, -0.15) is 0 Å². The molecular formula is C18H28N2O5. The number of carbonyl (C=O) groups excluding carboxylic acids is 1. The number of hydrogen-bond donors (Lipinski definition) is 1. The fraction of sp³-hybridized carbons (Fsp3) is 0.611. The molecule has 1 fully saturated rings. The molecule has 0 unspecified atom stereocenters. The average Bonchev–Trinajstić information content (AvgIpc) is 2.66. The lowest BCUT2D eigenvalue weighted by molar-refractivity contribution is 0.0324. The van der Waals surface area contributed by atoms with Gasteiger partial charge < -0.3 is 29.2 Å². The minimum atomic E-state index is -0.352. The molecule has 1 N–H and O–H groups in total. The van der Waals surface area contributed by atoms with E-state index in [1.165, 1.54) is 0 Å². The van der Waals surface area contributed by atoms with E-state index in [0.29, 0.717) is 52.7 Å². The molecule has 0 spiro atoms. The Hall–Kier alpha value is -1.67. The van der Waals surface area contributed by atoms with E-state index >= 15 is 0 Å². The molecule has 0 bridgehead atoms. The smallest absolute Gasteiger partial charge is 0.410 e. The molecular weight excluding hydrogens is 324 g/mol. The van der Waals surface area contributed by atoms with Crippen LogP contribution in [0, 0.1) is 0 Å². The number of rotatable bonds is 2. The molecule has 0 radical (unpaired) electrons. The molecule has 1 aromatic rings. The van der Waals surface area contributed by atoms with Crippen LogP contribution in [-0.4, -0.2) is 76.8 Å². The van der Waals surface area contributed by atoms with Gasteiger partial charge in [0.05, 0.1) is 39.6 Å². The minimum absolute atomic E-state index is 0.260. The Morgan fingerprint density at radius 1 is 0.920 bits per heavy atom. The summed E-state index contributed by atoms with van der Waals surface area (Å²) in [6, 6.07) is 9.63. The van der Waals surface area contributed by atoms with Crippen LogP contribution < -0.4 is 5.32 Å². The van der Waals surface area contributed by atoms with Gasteiger partial charge in [0.2, 0.25) is 0 Å². The highest BCUT2D eigenvalue weighted by atomic mass is 16.6. The lowest BCUT2D eigenvalue weighted by Gasteiger charge is -2.22. The molecule has 0 saturated carbocycles. The average molecular weight is 352 g/mol. The van der Waals surface area contributed by atoms with Gasteiger partial charge in [-0.15, -0.1) is 0 Å². The highest BCUT2D eigenvalue weighted by Gasteiger charge is 2.15. The Morgan fingerprint density at radius 3 is 2.20 bits per heavy atom. The van der Waals surface area contributed by atoms with Crippen molar-refractivity contribution in [2.45, 2.75) is 6.61 Å². The molecule has 1 heterocycles. The molecule has 0 atom stereocenters. The summed E-state index contributed by atoms with van der Waals surface area (Å²) in [7, 11) is 0. The van der Waals surface area contributed by atoms with Crippen LogP contribution in [0.1, 0.15) is 5.56 Å². The minimum Gasteiger partial charge on any atom is -0.445 e. The second-order valence-corrected chi connectivity index (χ2v) is 5.61. The van der Waals surface area contributed by atoms with Crippen molar-refractivity contribution in [3.63, 3.8) is 0 Å². The van der Waals surface area contributed by atoms with Gasteiger partial charge in [0.15, 0.2) is 0 Å². The van der Waals surface area contributed by atoms with Gasteiger partial charge in [-0.3, -0.25) is 0 Å². The summed E-state index contributed by atoms with van der Waals surface area (Å²) in [5.74, 6) is 0. The summed E-state index contributed by atoms with van der Waals surface area (Å²) >= 11 is 0. The van der Waals surface area contributed by atoms with Crippen LogP contribution in [0.15, 0.2) is 30.3 Å². The lowest BCUT2D eigenvalue weighted by atomic mass is 10.2. The van der Waals surface area contributed by atoms with E-state index in [4.69, 9.17) is 18.9 Å². The Morgan fingerprint density at radius 2 is 1.52 bits per heavy atom. The number of ether oxygens (including phenoxy) is 4. The summed E-state index contributed by atoms with van der Waals surface area (Å²) in [5.41, 5.74) is 0.963. The normalized spacial score (nSPS) is 18.8.